The van der Waals surface area contributed by atoms with E-state index >= 15 is 0 Å². The molecule has 0 heterocycles. The lowest BCUT2D eigenvalue weighted by molar-refractivity contribution is -0.132. The van der Waals surface area contributed by atoms with Crippen LogP contribution in [0.2, 0.25) is 0 Å². The first-order chi connectivity index (χ1) is 7.61. The molecule has 5 heteroatoms. The lowest BCUT2D eigenvalue weighted by Gasteiger charge is -2.20. The highest BCUT2D eigenvalue weighted by molar-refractivity contribution is 5.76. The molecule has 16 heavy (non-hydrogen) atoms. The van der Waals surface area contributed by atoms with Crippen molar-refractivity contribution in [2.45, 2.75) is 19.3 Å². The van der Waals surface area contributed by atoms with Gasteiger partial charge in [0.05, 0.1) is 13.2 Å². The Morgan fingerprint density at radius 1 is 1.00 bits per heavy atom. The second kappa shape index (κ2) is 9.57. The second-order valence-corrected chi connectivity index (χ2v) is 4.09. The number of unbranched alkanes of at least 4 members (excludes halogenated alkanes) is 1. The SMILES string of the molecule is CN(C)CCCCC(=O)N(CCO)CCO. The highest BCUT2D eigenvalue weighted by atomic mass is 16.3. The standard InChI is InChI=1S/C11H24N2O3/c1-12(2)6-4-3-5-11(16)13(7-9-14)8-10-15/h14-15H,3-10H2,1-2H3. The fourth-order valence-corrected chi connectivity index (χ4v) is 1.46. The largest absolute Gasteiger partial charge is 0.395 e. The molecule has 0 aliphatic carbocycles. The van der Waals surface area contributed by atoms with E-state index in [1.165, 1.54) is 4.90 Å². The average Bonchev–Trinajstić information content (AvgIpc) is 2.23. The minimum atomic E-state index is -0.0521. The van der Waals surface area contributed by atoms with Gasteiger partial charge in [0, 0.05) is 19.5 Å². The number of nitrogens with zero attached hydrogens (tertiary/aromatic N) is 2. The van der Waals surface area contributed by atoms with E-state index in [2.05, 4.69) is 4.90 Å². The molecule has 0 fully saturated rings. The van der Waals surface area contributed by atoms with Crippen molar-refractivity contribution in [3.05, 3.63) is 0 Å². The molecule has 0 atom stereocenters. The van der Waals surface area contributed by atoms with Crippen molar-refractivity contribution in [1.82, 2.24) is 9.80 Å². The van der Waals surface area contributed by atoms with Gasteiger partial charge in [0.25, 0.3) is 0 Å². The third-order valence-corrected chi connectivity index (χ3v) is 2.34. The molecule has 5 nitrogen and oxygen atoms in total. The fourth-order valence-electron chi connectivity index (χ4n) is 1.46. The maximum atomic E-state index is 11.7. The molecule has 1 amide bonds. The molecular formula is C11H24N2O3. The third-order valence-electron chi connectivity index (χ3n) is 2.34. The summed E-state index contributed by atoms with van der Waals surface area (Å²) in [6, 6.07) is 0. The lowest BCUT2D eigenvalue weighted by Crippen LogP contribution is -2.35. The van der Waals surface area contributed by atoms with E-state index in [9.17, 15) is 4.79 Å². The van der Waals surface area contributed by atoms with E-state index in [0.717, 1.165) is 19.4 Å². The molecule has 0 aromatic rings. The van der Waals surface area contributed by atoms with E-state index in [-0.39, 0.29) is 19.1 Å². The maximum absolute atomic E-state index is 11.7. The molecule has 0 aromatic heterocycles. The van der Waals surface area contributed by atoms with Crippen LogP contribution in [0, 0.1) is 0 Å². The van der Waals surface area contributed by atoms with Gasteiger partial charge in [0.1, 0.15) is 0 Å². The Morgan fingerprint density at radius 3 is 2.00 bits per heavy atom. The van der Waals surface area contributed by atoms with E-state index in [1.807, 2.05) is 14.1 Å². The number of amides is 1. The van der Waals surface area contributed by atoms with Crippen LogP contribution in [0.1, 0.15) is 19.3 Å². The Balaban J connectivity index is 3.73. The molecule has 0 radical (unpaired) electrons. The molecule has 0 saturated carbocycles. The number of aliphatic hydroxyl groups is 2. The number of carbonyl (C=O) groups is 1. The van der Waals surface area contributed by atoms with Crippen molar-refractivity contribution in [3.8, 4) is 0 Å². The number of hydrogen-bond donors (Lipinski definition) is 2. The molecule has 0 bridgehead atoms. The zero-order valence-corrected chi connectivity index (χ0v) is 10.4. The molecule has 0 aromatic carbocycles. The number of hydrogen-bond acceptors (Lipinski definition) is 4. The molecule has 0 rings (SSSR count). The summed E-state index contributed by atoms with van der Waals surface area (Å²) in [7, 11) is 4.01. The van der Waals surface area contributed by atoms with Crippen LogP contribution >= 0.6 is 0 Å². The summed E-state index contributed by atoms with van der Waals surface area (Å²) in [5.41, 5.74) is 0. The van der Waals surface area contributed by atoms with Crippen LogP contribution in [-0.4, -0.2) is 72.9 Å². The van der Waals surface area contributed by atoms with E-state index in [0.29, 0.717) is 19.5 Å². The van der Waals surface area contributed by atoms with Crippen molar-refractivity contribution in [2.75, 3.05) is 46.9 Å². The Bertz CT molecular complexity index is 180. The van der Waals surface area contributed by atoms with Gasteiger partial charge in [-0.05, 0) is 33.5 Å². The summed E-state index contributed by atoms with van der Waals surface area (Å²) < 4.78 is 0. The Labute approximate surface area is 97.7 Å². The quantitative estimate of drug-likeness (QED) is 0.528. The third kappa shape index (κ3) is 7.62. The van der Waals surface area contributed by atoms with Gasteiger partial charge in [-0.25, -0.2) is 0 Å². The van der Waals surface area contributed by atoms with Crippen LogP contribution in [0.4, 0.5) is 0 Å². The monoisotopic (exact) mass is 232 g/mol. The highest BCUT2D eigenvalue weighted by Crippen LogP contribution is 2.01. The van der Waals surface area contributed by atoms with Crippen molar-refractivity contribution in [2.24, 2.45) is 0 Å². The zero-order valence-electron chi connectivity index (χ0n) is 10.4. The van der Waals surface area contributed by atoms with E-state index in [4.69, 9.17) is 10.2 Å². The van der Waals surface area contributed by atoms with Crippen LogP contribution in [0.3, 0.4) is 0 Å². The molecule has 2 N–H and O–H groups in total. The van der Waals surface area contributed by atoms with Gasteiger partial charge in [-0.15, -0.1) is 0 Å². The van der Waals surface area contributed by atoms with Crippen LogP contribution < -0.4 is 0 Å². The smallest absolute Gasteiger partial charge is 0.222 e. The van der Waals surface area contributed by atoms with Crippen molar-refractivity contribution in [1.29, 1.82) is 0 Å². The minimum Gasteiger partial charge on any atom is -0.395 e. The first-order valence-electron chi connectivity index (χ1n) is 5.76. The van der Waals surface area contributed by atoms with Gasteiger partial charge < -0.3 is 20.0 Å². The predicted molar refractivity (Wildman–Crippen MR) is 63.2 cm³/mol. The van der Waals surface area contributed by atoms with Crippen LogP contribution in [0.25, 0.3) is 0 Å². The lowest BCUT2D eigenvalue weighted by atomic mass is 10.2. The summed E-state index contributed by atoms with van der Waals surface area (Å²) in [5, 5.41) is 17.5. The normalized spacial score (nSPS) is 10.8. The molecule has 0 spiro atoms. The highest BCUT2D eigenvalue weighted by Gasteiger charge is 2.11. The minimum absolute atomic E-state index is 0.0156. The molecule has 96 valence electrons. The topological polar surface area (TPSA) is 64.0 Å². The van der Waals surface area contributed by atoms with E-state index in [1.54, 1.807) is 0 Å². The van der Waals surface area contributed by atoms with Gasteiger partial charge >= 0.3 is 0 Å². The van der Waals surface area contributed by atoms with Crippen LogP contribution in [0.15, 0.2) is 0 Å². The molecular weight excluding hydrogens is 208 g/mol. The summed E-state index contributed by atoms with van der Waals surface area (Å²) in [6.07, 6.45) is 2.34. The fraction of sp³-hybridized carbons (Fsp3) is 0.909. The molecule has 0 unspecified atom stereocenters. The van der Waals surface area contributed by atoms with Gasteiger partial charge in [-0.1, -0.05) is 0 Å². The van der Waals surface area contributed by atoms with Gasteiger partial charge in [0.2, 0.25) is 5.91 Å². The van der Waals surface area contributed by atoms with Gasteiger partial charge in [-0.2, -0.15) is 0 Å². The van der Waals surface area contributed by atoms with E-state index < -0.39 is 0 Å². The molecule has 0 aliphatic heterocycles. The Morgan fingerprint density at radius 2 is 1.56 bits per heavy atom. The zero-order chi connectivity index (χ0) is 12.4. The molecule has 0 saturated heterocycles. The summed E-state index contributed by atoms with van der Waals surface area (Å²) in [6.45, 7) is 1.50. The number of aliphatic hydroxyl groups excluding tert-OH is 2. The number of rotatable bonds is 9. The summed E-state index contributed by atoms with van der Waals surface area (Å²) in [5.74, 6) is 0.0156. The maximum Gasteiger partial charge on any atom is 0.222 e. The first kappa shape index (κ1) is 15.3. The average molecular weight is 232 g/mol. The predicted octanol–water partition coefficient (Wildman–Crippen LogP) is -0.468. The first-order valence-corrected chi connectivity index (χ1v) is 5.76. The van der Waals surface area contributed by atoms with Crippen LogP contribution in [-0.2, 0) is 4.79 Å². The molecule has 0 aliphatic rings. The van der Waals surface area contributed by atoms with Gasteiger partial charge in [-0.3, -0.25) is 4.79 Å². The van der Waals surface area contributed by atoms with Crippen molar-refractivity contribution >= 4 is 5.91 Å². The summed E-state index contributed by atoms with van der Waals surface area (Å²) >= 11 is 0. The van der Waals surface area contributed by atoms with Crippen molar-refractivity contribution in [3.63, 3.8) is 0 Å². The number of carbonyl (C=O) groups excluding carboxylic acids is 1. The Hall–Kier alpha value is -0.650. The van der Waals surface area contributed by atoms with Crippen LogP contribution in [0.5, 0.6) is 0 Å². The van der Waals surface area contributed by atoms with Gasteiger partial charge in [0.15, 0.2) is 0 Å². The summed E-state index contributed by atoms with van der Waals surface area (Å²) in [4.78, 5) is 15.3. The van der Waals surface area contributed by atoms with Crippen molar-refractivity contribution < 1.29 is 15.0 Å². The Kier molecular flexibility index (Phi) is 9.18. The second-order valence-electron chi connectivity index (χ2n) is 4.09.